The summed E-state index contributed by atoms with van der Waals surface area (Å²) < 4.78 is 20.6. The van der Waals surface area contributed by atoms with E-state index in [9.17, 15) is 24.0 Å². The average molecular weight is 959 g/mol. The number of aliphatic hydroxyl groups is 2. The summed E-state index contributed by atoms with van der Waals surface area (Å²) in [6.45, 7) is 9.45. The van der Waals surface area contributed by atoms with Gasteiger partial charge >= 0.3 is 29.8 Å². The van der Waals surface area contributed by atoms with Crippen molar-refractivity contribution in [1.29, 1.82) is 0 Å². The summed E-state index contributed by atoms with van der Waals surface area (Å²) in [6, 6.07) is 0. The van der Waals surface area contributed by atoms with Gasteiger partial charge in [-0.15, -0.1) is 0 Å². The number of aliphatic hydroxyl groups excluding tert-OH is 2. The first-order chi connectivity index (χ1) is 32.0. The van der Waals surface area contributed by atoms with Crippen LogP contribution in [0.4, 0.5) is 0 Å². The highest BCUT2D eigenvalue weighted by Gasteiger charge is 2.19. The lowest BCUT2D eigenvalue weighted by Gasteiger charge is -2.18. The summed E-state index contributed by atoms with van der Waals surface area (Å²) >= 11 is 0. The first-order valence-corrected chi connectivity index (χ1v) is 26.5. The number of aliphatic carboxylic acids is 1. The third-order valence-electron chi connectivity index (χ3n) is 10.5. The van der Waals surface area contributed by atoms with Crippen molar-refractivity contribution in [3.8, 4) is 0 Å². The topological polar surface area (TPSA) is 214 Å². The van der Waals surface area contributed by atoms with Crippen molar-refractivity contribution in [3.05, 3.63) is 24.3 Å². The molecule has 13 heteroatoms. The molecule has 0 spiro atoms. The van der Waals surface area contributed by atoms with E-state index < -0.39 is 18.2 Å². The zero-order chi connectivity index (χ0) is 49.6. The van der Waals surface area contributed by atoms with E-state index in [0.717, 1.165) is 57.8 Å². The predicted octanol–water partition coefficient (Wildman–Crippen LogP) is 12.6. The highest BCUT2D eigenvalue weighted by atomic mass is 16.6. The average Bonchev–Trinajstić information content (AvgIpc) is 3.29. The van der Waals surface area contributed by atoms with Crippen LogP contribution in [-0.4, -0.2) is 89.3 Å². The van der Waals surface area contributed by atoms with Gasteiger partial charge in [0.15, 0.2) is 6.10 Å². The summed E-state index contributed by atoms with van der Waals surface area (Å²) in [5, 5.41) is 25.6. The quantitative estimate of drug-likeness (QED) is 0.0225. The second-order valence-corrected chi connectivity index (χ2v) is 17.3. The smallest absolute Gasteiger partial charge is 0.306 e. The number of hydrogen-bond acceptors (Lipinski definition) is 11. The Bertz CT molecular complexity index is 1160. The number of carboxylic acids is 1. The van der Waals surface area contributed by atoms with Crippen LogP contribution >= 0.6 is 0 Å². The molecule has 2 atom stereocenters. The zero-order valence-electron chi connectivity index (χ0n) is 43.4. The van der Waals surface area contributed by atoms with Gasteiger partial charge in [0, 0.05) is 32.1 Å². The van der Waals surface area contributed by atoms with E-state index in [1.807, 2.05) is 20.8 Å². The van der Waals surface area contributed by atoms with E-state index in [-0.39, 0.29) is 62.2 Å². The van der Waals surface area contributed by atoms with Gasteiger partial charge in [0.25, 0.3) is 0 Å². The SMILES string of the molecule is CCCC(=O)O.CCCCCCCC/C=C\CCCCCCCC(=O)OCC(COC(=O)CCC)OC(=O)CCC.CCCCCCCC/C=C\CCCCCCCC(=O)OCC(O)CO.O. The monoisotopic (exact) mass is 959 g/mol. The third kappa shape index (κ3) is 62.7. The fraction of sp³-hybridized carbons (Fsp3) is 0.833. The van der Waals surface area contributed by atoms with Crippen LogP contribution in [-0.2, 0) is 42.9 Å². The van der Waals surface area contributed by atoms with Gasteiger partial charge in [-0.05, 0) is 83.5 Å². The van der Waals surface area contributed by atoms with Crippen molar-refractivity contribution in [1.82, 2.24) is 0 Å². The minimum atomic E-state index is -0.960. The van der Waals surface area contributed by atoms with E-state index in [0.29, 0.717) is 38.5 Å². The van der Waals surface area contributed by atoms with Crippen molar-refractivity contribution in [2.45, 2.75) is 265 Å². The van der Waals surface area contributed by atoms with Crippen LogP contribution < -0.4 is 0 Å². The number of carboxylic acid groups (broad SMARTS) is 1. The van der Waals surface area contributed by atoms with Gasteiger partial charge in [-0.1, -0.05) is 162 Å². The van der Waals surface area contributed by atoms with Crippen LogP contribution in [0, 0.1) is 0 Å². The van der Waals surface area contributed by atoms with Crippen LogP contribution in [0.2, 0.25) is 0 Å². The minimum absolute atomic E-state index is 0. The van der Waals surface area contributed by atoms with E-state index in [1.165, 1.54) is 116 Å². The Hall–Kier alpha value is -3.29. The molecule has 0 heterocycles. The van der Waals surface area contributed by atoms with Gasteiger partial charge < -0.3 is 39.7 Å². The van der Waals surface area contributed by atoms with Crippen LogP contribution in [0.5, 0.6) is 0 Å². The molecule has 0 bridgehead atoms. The molecule has 0 aliphatic carbocycles. The first-order valence-electron chi connectivity index (χ1n) is 26.5. The van der Waals surface area contributed by atoms with E-state index in [4.69, 9.17) is 34.3 Å². The Morgan fingerprint density at radius 1 is 0.403 bits per heavy atom. The summed E-state index contributed by atoms with van der Waals surface area (Å²) in [5.41, 5.74) is 0. The molecule has 2 unspecified atom stereocenters. The normalized spacial score (nSPS) is 11.7. The summed E-state index contributed by atoms with van der Waals surface area (Å²) in [4.78, 5) is 56.4. The molecule has 0 aromatic heterocycles. The number of rotatable bonds is 44. The first kappa shape index (κ1) is 70.3. The molecule has 0 aromatic rings. The number of carbonyl (C=O) groups is 5. The Balaban J connectivity index is -0.000000541. The molecule has 0 aromatic carbocycles. The summed E-state index contributed by atoms with van der Waals surface area (Å²) in [7, 11) is 0. The van der Waals surface area contributed by atoms with E-state index in [2.05, 4.69) is 38.2 Å². The predicted molar refractivity (Wildman–Crippen MR) is 271 cm³/mol. The van der Waals surface area contributed by atoms with Crippen molar-refractivity contribution in [2.24, 2.45) is 0 Å². The van der Waals surface area contributed by atoms with Crippen molar-refractivity contribution in [2.75, 3.05) is 26.4 Å². The number of unbranched alkanes of at least 4 members (excludes halogenated alkanes) is 22. The molecular formula is C54H102O13. The molecule has 0 saturated carbocycles. The molecular weight excluding hydrogens is 857 g/mol. The third-order valence-corrected chi connectivity index (χ3v) is 10.5. The maximum absolute atomic E-state index is 12.1. The molecule has 67 heavy (non-hydrogen) atoms. The molecule has 0 aliphatic rings. The van der Waals surface area contributed by atoms with Gasteiger partial charge in [-0.3, -0.25) is 24.0 Å². The second kappa shape index (κ2) is 58.8. The van der Waals surface area contributed by atoms with Crippen LogP contribution in [0.1, 0.15) is 253 Å². The van der Waals surface area contributed by atoms with E-state index >= 15 is 0 Å². The van der Waals surface area contributed by atoms with Crippen LogP contribution in [0.25, 0.3) is 0 Å². The molecule has 0 radical (unpaired) electrons. The van der Waals surface area contributed by atoms with Crippen LogP contribution in [0.15, 0.2) is 24.3 Å². The highest BCUT2D eigenvalue weighted by molar-refractivity contribution is 5.71. The fourth-order valence-corrected chi connectivity index (χ4v) is 6.49. The number of esters is 4. The number of carbonyl (C=O) groups excluding carboxylic acids is 4. The van der Waals surface area contributed by atoms with Crippen molar-refractivity contribution in [3.63, 3.8) is 0 Å². The standard InChI is InChI=1S/C29H52O6.C21H40O4.C4H8O2.H2O/c1-4-7-8-9-10-11-12-13-14-15-16-17-18-19-20-23-28(31)34-25-26(35-29(32)22-6-3)24-33-27(30)21-5-2;1-2-3-4-5-6-7-8-9-10-11-12-13-14-15-16-17-21(24)25-19-20(23)18-22;1-2-3-4(5)6;/h13-14,26H,4-12,15-25H2,1-3H3;9-10,20,22-23H,2-8,11-19H2,1H3;2-3H2,1H3,(H,5,6);1H2/b14-13-;10-9-;;. The highest BCUT2D eigenvalue weighted by Crippen LogP contribution is 2.13. The molecule has 0 saturated heterocycles. The number of allylic oxidation sites excluding steroid dienone is 4. The van der Waals surface area contributed by atoms with E-state index in [1.54, 1.807) is 0 Å². The molecule has 13 nitrogen and oxygen atoms in total. The molecule has 0 fully saturated rings. The van der Waals surface area contributed by atoms with Gasteiger partial charge in [0.1, 0.15) is 25.9 Å². The maximum Gasteiger partial charge on any atom is 0.306 e. The van der Waals surface area contributed by atoms with Gasteiger partial charge in [-0.25, -0.2) is 0 Å². The molecule has 5 N–H and O–H groups in total. The lowest BCUT2D eigenvalue weighted by atomic mass is 10.1. The van der Waals surface area contributed by atoms with Gasteiger partial charge in [0.05, 0.1) is 6.61 Å². The molecule has 0 amide bonds. The largest absolute Gasteiger partial charge is 0.481 e. The number of ether oxygens (including phenoxy) is 4. The maximum atomic E-state index is 12.1. The van der Waals surface area contributed by atoms with Gasteiger partial charge in [-0.2, -0.15) is 0 Å². The number of hydrogen-bond donors (Lipinski definition) is 3. The lowest BCUT2D eigenvalue weighted by molar-refractivity contribution is -0.166. The minimum Gasteiger partial charge on any atom is -0.481 e. The molecule has 396 valence electrons. The summed E-state index contributed by atoms with van der Waals surface area (Å²) in [6.07, 6.45) is 43.0. The van der Waals surface area contributed by atoms with Crippen molar-refractivity contribution >= 4 is 29.8 Å². The Kier molecular flexibility index (Phi) is 61.7. The summed E-state index contributed by atoms with van der Waals surface area (Å²) in [5.74, 6) is -2.03. The van der Waals surface area contributed by atoms with Crippen LogP contribution in [0.3, 0.4) is 0 Å². The zero-order valence-corrected chi connectivity index (χ0v) is 43.4. The second-order valence-electron chi connectivity index (χ2n) is 17.3. The van der Waals surface area contributed by atoms with Gasteiger partial charge in [0.2, 0.25) is 0 Å². The van der Waals surface area contributed by atoms with Crippen molar-refractivity contribution < 1.29 is 63.7 Å². The Labute approximate surface area is 408 Å². The molecule has 0 rings (SSSR count). The Morgan fingerprint density at radius 2 is 0.716 bits per heavy atom. The molecule has 0 aliphatic heterocycles. The Morgan fingerprint density at radius 3 is 1.04 bits per heavy atom. The fourth-order valence-electron chi connectivity index (χ4n) is 6.49. The lowest BCUT2D eigenvalue weighted by Crippen LogP contribution is -2.30.